The van der Waals surface area contributed by atoms with E-state index in [0.717, 1.165) is 0 Å². The molecule has 0 saturated carbocycles. The van der Waals surface area contributed by atoms with E-state index in [1.165, 1.54) is 0 Å². The smallest absolute Gasteiger partial charge is 0.240 e. The van der Waals surface area contributed by atoms with Gasteiger partial charge in [0, 0.05) is 26.4 Å². The maximum absolute atomic E-state index is 12.2. The molecule has 2 N–H and O–H groups in total. The standard InChI is InChI=1S/C13H22N2O3/c1-12(2,3-6-16)10-15-11(17)13(9-14)4-7-18-8-5-13/h16H,3-8,10H2,1-2H3,(H,15,17). The number of nitrogens with one attached hydrogen (secondary N) is 1. The first-order chi connectivity index (χ1) is 8.46. The monoisotopic (exact) mass is 254 g/mol. The molecule has 0 atom stereocenters. The molecule has 0 aromatic rings. The molecule has 0 aromatic carbocycles. The number of aliphatic hydroxyl groups excluding tert-OH is 1. The lowest BCUT2D eigenvalue weighted by Gasteiger charge is -2.31. The molecule has 1 heterocycles. The van der Waals surface area contributed by atoms with Crippen molar-refractivity contribution in [2.75, 3.05) is 26.4 Å². The Balaban J connectivity index is 2.56. The van der Waals surface area contributed by atoms with Gasteiger partial charge in [0.05, 0.1) is 6.07 Å². The van der Waals surface area contributed by atoms with Gasteiger partial charge in [0.2, 0.25) is 5.91 Å². The van der Waals surface area contributed by atoms with Crippen LogP contribution in [-0.2, 0) is 9.53 Å². The van der Waals surface area contributed by atoms with E-state index in [2.05, 4.69) is 11.4 Å². The van der Waals surface area contributed by atoms with Gasteiger partial charge in [-0.15, -0.1) is 0 Å². The summed E-state index contributed by atoms with van der Waals surface area (Å²) in [5.74, 6) is -0.209. The van der Waals surface area contributed by atoms with Crippen LogP contribution in [-0.4, -0.2) is 37.4 Å². The van der Waals surface area contributed by atoms with E-state index in [1.807, 2.05) is 13.8 Å². The van der Waals surface area contributed by atoms with E-state index in [1.54, 1.807) is 0 Å². The molecule has 0 unspecified atom stereocenters. The minimum absolute atomic E-state index is 0.0973. The fourth-order valence-electron chi connectivity index (χ4n) is 1.99. The summed E-state index contributed by atoms with van der Waals surface area (Å²) in [5, 5.41) is 21.0. The number of hydrogen-bond acceptors (Lipinski definition) is 4. The van der Waals surface area contributed by atoms with Crippen LogP contribution in [0.1, 0.15) is 33.1 Å². The van der Waals surface area contributed by atoms with Crippen LogP contribution in [0, 0.1) is 22.2 Å². The second kappa shape index (κ2) is 6.17. The average molecular weight is 254 g/mol. The van der Waals surface area contributed by atoms with Gasteiger partial charge in [-0.1, -0.05) is 13.8 Å². The number of carbonyl (C=O) groups is 1. The molecule has 0 aliphatic carbocycles. The number of aliphatic hydroxyl groups is 1. The fourth-order valence-corrected chi connectivity index (χ4v) is 1.99. The molecule has 18 heavy (non-hydrogen) atoms. The first kappa shape index (κ1) is 14.9. The van der Waals surface area contributed by atoms with Crippen LogP contribution in [0.4, 0.5) is 0 Å². The van der Waals surface area contributed by atoms with Crippen molar-refractivity contribution in [2.24, 2.45) is 10.8 Å². The molecule has 0 aromatic heterocycles. The number of amides is 1. The molecule has 1 amide bonds. The largest absolute Gasteiger partial charge is 0.396 e. The molecule has 1 saturated heterocycles. The van der Waals surface area contributed by atoms with Gasteiger partial charge in [0.25, 0.3) is 0 Å². The maximum atomic E-state index is 12.2. The van der Waals surface area contributed by atoms with Gasteiger partial charge in [-0.25, -0.2) is 0 Å². The summed E-state index contributed by atoms with van der Waals surface area (Å²) in [6.45, 7) is 5.44. The molecular formula is C13H22N2O3. The van der Waals surface area contributed by atoms with E-state index in [0.29, 0.717) is 39.0 Å². The Bertz CT molecular complexity index is 328. The van der Waals surface area contributed by atoms with Crippen molar-refractivity contribution in [3.8, 4) is 6.07 Å². The van der Waals surface area contributed by atoms with Gasteiger partial charge in [-0.2, -0.15) is 5.26 Å². The highest BCUT2D eigenvalue weighted by Crippen LogP contribution is 2.30. The van der Waals surface area contributed by atoms with Gasteiger partial charge in [0.15, 0.2) is 0 Å². The summed E-state index contributed by atoms with van der Waals surface area (Å²) >= 11 is 0. The molecule has 5 nitrogen and oxygen atoms in total. The Morgan fingerprint density at radius 1 is 1.50 bits per heavy atom. The summed E-state index contributed by atoms with van der Waals surface area (Å²) in [7, 11) is 0. The third-order valence-corrected chi connectivity index (χ3v) is 3.51. The van der Waals surface area contributed by atoms with Crippen molar-refractivity contribution in [3.63, 3.8) is 0 Å². The predicted octanol–water partition coefficient (Wildman–Crippen LogP) is 0.832. The quantitative estimate of drug-likeness (QED) is 0.761. The van der Waals surface area contributed by atoms with Crippen molar-refractivity contribution in [1.82, 2.24) is 5.32 Å². The molecule has 5 heteroatoms. The lowest BCUT2D eigenvalue weighted by molar-refractivity contribution is -0.132. The van der Waals surface area contributed by atoms with Crippen LogP contribution >= 0.6 is 0 Å². The minimum atomic E-state index is -0.937. The van der Waals surface area contributed by atoms with E-state index in [-0.39, 0.29) is 17.9 Å². The van der Waals surface area contributed by atoms with Gasteiger partial charge in [-0.3, -0.25) is 4.79 Å². The molecule has 0 radical (unpaired) electrons. The number of nitriles is 1. The summed E-state index contributed by atoms with van der Waals surface area (Å²) in [5.41, 5.74) is -1.10. The molecule has 1 aliphatic rings. The van der Waals surface area contributed by atoms with Crippen molar-refractivity contribution < 1.29 is 14.6 Å². The highest BCUT2D eigenvalue weighted by molar-refractivity contribution is 5.85. The maximum Gasteiger partial charge on any atom is 0.240 e. The van der Waals surface area contributed by atoms with Gasteiger partial charge in [0.1, 0.15) is 5.41 Å². The minimum Gasteiger partial charge on any atom is -0.396 e. The summed E-state index contributed by atoms with van der Waals surface area (Å²) in [6, 6.07) is 2.14. The van der Waals surface area contributed by atoms with Crippen LogP contribution in [0.15, 0.2) is 0 Å². The van der Waals surface area contributed by atoms with Crippen LogP contribution < -0.4 is 5.32 Å². The fraction of sp³-hybridized carbons (Fsp3) is 0.846. The third-order valence-electron chi connectivity index (χ3n) is 3.51. The number of hydrogen-bond donors (Lipinski definition) is 2. The van der Waals surface area contributed by atoms with Crippen molar-refractivity contribution >= 4 is 5.91 Å². The van der Waals surface area contributed by atoms with E-state index in [4.69, 9.17) is 9.84 Å². The van der Waals surface area contributed by atoms with Crippen LogP contribution in [0.2, 0.25) is 0 Å². The van der Waals surface area contributed by atoms with E-state index < -0.39 is 5.41 Å². The van der Waals surface area contributed by atoms with Crippen LogP contribution in [0.25, 0.3) is 0 Å². The molecule has 1 aliphatic heterocycles. The van der Waals surface area contributed by atoms with Gasteiger partial charge in [-0.05, 0) is 24.7 Å². The second-order valence-corrected chi connectivity index (χ2v) is 5.63. The topological polar surface area (TPSA) is 82.4 Å². The molecule has 1 fully saturated rings. The molecule has 102 valence electrons. The molecule has 0 bridgehead atoms. The lowest BCUT2D eigenvalue weighted by atomic mass is 9.80. The summed E-state index contributed by atoms with van der Waals surface area (Å²) in [6.07, 6.45) is 1.53. The first-order valence-corrected chi connectivity index (χ1v) is 6.34. The number of ether oxygens (including phenoxy) is 1. The molecular weight excluding hydrogens is 232 g/mol. The molecule has 1 rings (SSSR count). The first-order valence-electron chi connectivity index (χ1n) is 6.34. The summed E-state index contributed by atoms with van der Waals surface area (Å²) < 4.78 is 5.20. The zero-order valence-corrected chi connectivity index (χ0v) is 11.2. The zero-order chi connectivity index (χ0) is 13.6. The Morgan fingerprint density at radius 3 is 2.61 bits per heavy atom. The Labute approximate surface area is 108 Å². The predicted molar refractivity (Wildman–Crippen MR) is 66.6 cm³/mol. The SMILES string of the molecule is CC(C)(CCO)CNC(=O)C1(C#N)CCOCC1. The molecule has 0 spiro atoms. The van der Waals surface area contributed by atoms with Gasteiger partial charge < -0.3 is 15.2 Å². The van der Waals surface area contributed by atoms with Crippen molar-refractivity contribution in [2.45, 2.75) is 33.1 Å². The van der Waals surface area contributed by atoms with Gasteiger partial charge >= 0.3 is 0 Å². The lowest BCUT2D eigenvalue weighted by Crippen LogP contribution is -2.46. The number of carbonyl (C=O) groups excluding carboxylic acids is 1. The van der Waals surface area contributed by atoms with E-state index >= 15 is 0 Å². The zero-order valence-electron chi connectivity index (χ0n) is 11.2. The van der Waals surface area contributed by atoms with E-state index in [9.17, 15) is 10.1 Å². The highest BCUT2D eigenvalue weighted by atomic mass is 16.5. The number of rotatable bonds is 5. The van der Waals surface area contributed by atoms with Crippen LogP contribution in [0.5, 0.6) is 0 Å². The average Bonchev–Trinajstić information content (AvgIpc) is 2.37. The Morgan fingerprint density at radius 2 is 2.11 bits per heavy atom. The Hall–Kier alpha value is -1.12. The third kappa shape index (κ3) is 3.69. The van der Waals surface area contributed by atoms with Crippen molar-refractivity contribution in [3.05, 3.63) is 0 Å². The number of nitrogens with zero attached hydrogens (tertiary/aromatic N) is 1. The Kier molecular flexibility index (Phi) is 5.12. The van der Waals surface area contributed by atoms with Crippen molar-refractivity contribution in [1.29, 1.82) is 5.26 Å². The summed E-state index contributed by atoms with van der Waals surface area (Å²) in [4.78, 5) is 12.2. The normalized spacial score (nSPS) is 19.0. The highest BCUT2D eigenvalue weighted by Gasteiger charge is 2.40. The second-order valence-electron chi connectivity index (χ2n) is 5.63. The van der Waals surface area contributed by atoms with Crippen LogP contribution in [0.3, 0.4) is 0 Å².